The molecule has 37 heavy (non-hydrogen) atoms. The highest BCUT2D eigenvalue weighted by Gasteiger charge is 2.19. The quantitative estimate of drug-likeness (QED) is 0.249. The Balaban J connectivity index is 1.23. The van der Waals surface area contributed by atoms with Crippen molar-refractivity contribution in [1.29, 1.82) is 0 Å². The van der Waals surface area contributed by atoms with Gasteiger partial charge in [-0.2, -0.15) is 0 Å². The number of anilines is 1. The van der Waals surface area contributed by atoms with Crippen LogP contribution >= 0.6 is 22.7 Å². The van der Waals surface area contributed by atoms with E-state index in [1.54, 1.807) is 30.6 Å². The fraction of sp³-hybridized carbons (Fsp3) is 0.0714. The molecule has 0 radical (unpaired) electrons. The Morgan fingerprint density at radius 1 is 0.865 bits per heavy atom. The van der Waals surface area contributed by atoms with Gasteiger partial charge in [-0.15, -0.1) is 11.3 Å². The standard InChI is InChI=1S/C28H19N3O4S2/c1-34-17-12-13-21-23(14-17)37-28(30-21)31-24(32)15-35-27(33)19-9-5-7-16-6-4-8-18(25(16)19)26-29-20-10-2-3-11-22(20)36-26/h2-14H,15H2,1H3,(H,30,31,32). The predicted molar refractivity (Wildman–Crippen MR) is 148 cm³/mol. The molecule has 0 aliphatic carbocycles. The Morgan fingerprint density at radius 3 is 2.51 bits per heavy atom. The zero-order chi connectivity index (χ0) is 25.4. The summed E-state index contributed by atoms with van der Waals surface area (Å²) in [4.78, 5) is 34.9. The number of fused-ring (bicyclic) bond motifs is 3. The summed E-state index contributed by atoms with van der Waals surface area (Å²) in [5.74, 6) is -0.336. The zero-order valence-electron chi connectivity index (χ0n) is 19.6. The maximum Gasteiger partial charge on any atom is 0.339 e. The molecule has 1 N–H and O–H groups in total. The molecular formula is C28H19N3O4S2. The van der Waals surface area contributed by atoms with E-state index in [9.17, 15) is 9.59 Å². The van der Waals surface area contributed by atoms with E-state index in [0.29, 0.717) is 16.4 Å². The van der Waals surface area contributed by atoms with Crippen LogP contribution in [0.4, 0.5) is 5.13 Å². The molecule has 2 heterocycles. The lowest BCUT2D eigenvalue weighted by atomic mass is 9.99. The number of ether oxygens (including phenoxy) is 2. The van der Waals surface area contributed by atoms with E-state index in [2.05, 4.69) is 10.3 Å². The molecule has 2 aromatic heterocycles. The molecular weight excluding hydrogens is 506 g/mol. The van der Waals surface area contributed by atoms with Crippen LogP contribution in [0.25, 0.3) is 41.8 Å². The Morgan fingerprint density at radius 2 is 1.68 bits per heavy atom. The maximum absolute atomic E-state index is 13.1. The lowest BCUT2D eigenvalue weighted by molar-refractivity contribution is -0.119. The molecule has 9 heteroatoms. The molecule has 6 rings (SSSR count). The van der Waals surface area contributed by atoms with Crippen molar-refractivity contribution in [2.24, 2.45) is 0 Å². The molecule has 182 valence electrons. The van der Waals surface area contributed by atoms with E-state index >= 15 is 0 Å². The number of nitrogens with one attached hydrogen (secondary N) is 1. The second-order valence-corrected chi connectivity index (χ2v) is 10.2. The van der Waals surface area contributed by atoms with Crippen LogP contribution in [0.5, 0.6) is 5.75 Å². The maximum atomic E-state index is 13.1. The molecule has 7 nitrogen and oxygen atoms in total. The SMILES string of the molecule is COc1ccc2nc(NC(=O)COC(=O)c3cccc4cccc(-c5nc6ccccc6s5)c34)sc2c1. The third kappa shape index (κ3) is 4.50. The van der Waals surface area contributed by atoms with Gasteiger partial charge in [0.15, 0.2) is 11.7 Å². The number of nitrogens with zero attached hydrogens (tertiary/aromatic N) is 2. The number of benzene rings is 4. The van der Waals surface area contributed by atoms with E-state index in [-0.39, 0.29) is 0 Å². The fourth-order valence-electron chi connectivity index (χ4n) is 4.13. The van der Waals surface area contributed by atoms with Gasteiger partial charge in [0.1, 0.15) is 10.8 Å². The lowest BCUT2D eigenvalue weighted by Crippen LogP contribution is -2.21. The monoisotopic (exact) mass is 525 g/mol. The van der Waals surface area contributed by atoms with Gasteiger partial charge in [0.05, 0.1) is 33.1 Å². The zero-order valence-corrected chi connectivity index (χ0v) is 21.2. The van der Waals surface area contributed by atoms with Crippen LogP contribution in [0, 0.1) is 0 Å². The molecule has 1 amide bonds. The van der Waals surface area contributed by atoms with Crippen molar-refractivity contribution in [2.75, 3.05) is 19.0 Å². The number of esters is 1. The smallest absolute Gasteiger partial charge is 0.339 e. The minimum absolute atomic E-state index is 0.382. The molecule has 0 bridgehead atoms. The van der Waals surface area contributed by atoms with E-state index in [1.165, 1.54) is 11.3 Å². The van der Waals surface area contributed by atoms with E-state index in [1.807, 2.05) is 66.7 Å². The normalized spacial score (nSPS) is 11.2. The minimum Gasteiger partial charge on any atom is -0.497 e. The van der Waals surface area contributed by atoms with E-state index < -0.39 is 18.5 Å². The van der Waals surface area contributed by atoms with Crippen LogP contribution in [0.1, 0.15) is 10.4 Å². The summed E-state index contributed by atoms with van der Waals surface area (Å²) in [5.41, 5.74) is 2.88. The number of aromatic nitrogens is 2. The Labute approximate surface area is 219 Å². The first kappa shape index (κ1) is 23.1. The van der Waals surface area contributed by atoms with Crippen molar-refractivity contribution in [3.8, 4) is 16.3 Å². The van der Waals surface area contributed by atoms with Crippen molar-refractivity contribution in [3.05, 3.63) is 84.4 Å². The molecule has 4 aromatic carbocycles. The first-order chi connectivity index (χ1) is 18.1. The van der Waals surface area contributed by atoms with Crippen molar-refractivity contribution < 1.29 is 19.1 Å². The third-order valence-electron chi connectivity index (χ3n) is 5.83. The first-order valence-corrected chi connectivity index (χ1v) is 13.0. The number of rotatable bonds is 6. The average Bonchev–Trinajstić information content (AvgIpc) is 3.54. The molecule has 0 aliphatic heterocycles. The highest BCUT2D eigenvalue weighted by Crippen LogP contribution is 2.36. The number of methoxy groups -OCH3 is 1. The predicted octanol–water partition coefficient (Wildman–Crippen LogP) is 6.53. The number of thiazole rings is 2. The van der Waals surface area contributed by atoms with Gasteiger partial charge in [-0.05, 0) is 41.8 Å². The van der Waals surface area contributed by atoms with Gasteiger partial charge >= 0.3 is 5.97 Å². The summed E-state index contributed by atoms with van der Waals surface area (Å²) in [6.45, 7) is -0.433. The van der Waals surface area contributed by atoms with Gasteiger partial charge in [0, 0.05) is 10.9 Å². The topological polar surface area (TPSA) is 90.4 Å². The number of hydrogen-bond donors (Lipinski definition) is 1. The highest BCUT2D eigenvalue weighted by atomic mass is 32.1. The largest absolute Gasteiger partial charge is 0.497 e. The van der Waals surface area contributed by atoms with Crippen LogP contribution in [0.2, 0.25) is 0 Å². The minimum atomic E-state index is -0.580. The van der Waals surface area contributed by atoms with Crippen LogP contribution in [0.3, 0.4) is 0 Å². The van der Waals surface area contributed by atoms with Crippen molar-refractivity contribution in [3.63, 3.8) is 0 Å². The summed E-state index contributed by atoms with van der Waals surface area (Å²) in [5, 5.41) is 5.58. The number of para-hydroxylation sites is 1. The molecule has 0 saturated heterocycles. The molecule has 0 atom stereocenters. The van der Waals surface area contributed by atoms with Crippen LogP contribution in [-0.2, 0) is 9.53 Å². The van der Waals surface area contributed by atoms with Gasteiger partial charge in [-0.25, -0.2) is 14.8 Å². The molecule has 0 unspecified atom stereocenters. The summed E-state index contributed by atoms with van der Waals surface area (Å²) in [6.07, 6.45) is 0. The van der Waals surface area contributed by atoms with Crippen molar-refractivity contribution in [2.45, 2.75) is 0 Å². The van der Waals surface area contributed by atoms with Crippen molar-refractivity contribution >= 4 is 70.9 Å². The van der Waals surface area contributed by atoms with Crippen LogP contribution in [-0.4, -0.2) is 35.6 Å². The van der Waals surface area contributed by atoms with Crippen molar-refractivity contribution in [1.82, 2.24) is 9.97 Å². The summed E-state index contributed by atoms with van der Waals surface area (Å²) in [7, 11) is 1.59. The number of carbonyl (C=O) groups is 2. The van der Waals surface area contributed by atoms with Gasteiger partial charge < -0.3 is 9.47 Å². The molecule has 0 fully saturated rings. The summed E-state index contributed by atoms with van der Waals surface area (Å²) >= 11 is 2.89. The molecule has 6 aromatic rings. The number of amides is 1. The van der Waals surface area contributed by atoms with Crippen LogP contribution in [0.15, 0.2) is 78.9 Å². The second kappa shape index (κ2) is 9.61. The molecule has 0 saturated carbocycles. The fourth-order valence-corrected chi connectivity index (χ4v) is 6.03. The lowest BCUT2D eigenvalue weighted by Gasteiger charge is -2.10. The first-order valence-electron chi connectivity index (χ1n) is 11.4. The Hall–Kier alpha value is -4.34. The van der Waals surface area contributed by atoms with Gasteiger partial charge in [0.2, 0.25) is 0 Å². The summed E-state index contributed by atoms with van der Waals surface area (Å²) in [6, 6.07) is 24.7. The van der Waals surface area contributed by atoms with Gasteiger partial charge in [-0.3, -0.25) is 10.1 Å². The number of carbonyl (C=O) groups excluding carboxylic acids is 2. The molecule has 0 aliphatic rings. The third-order valence-corrected chi connectivity index (χ3v) is 7.83. The Kier molecular flexibility index (Phi) is 5.99. The summed E-state index contributed by atoms with van der Waals surface area (Å²) < 4.78 is 12.6. The molecule has 0 spiro atoms. The number of hydrogen-bond acceptors (Lipinski definition) is 8. The average molecular weight is 526 g/mol. The van der Waals surface area contributed by atoms with E-state index in [4.69, 9.17) is 14.5 Å². The van der Waals surface area contributed by atoms with Gasteiger partial charge in [0.25, 0.3) is 5.91 Å². The Bertz CT molecular complexity index is 1770. The van der Waals surface area contributed by atoms with Gasteiger partial charge in [-0.1, -0.05) is 53.8 Å². The van der Waals surface area contributed by atoms with E-state index in [0.717, 1.165) is 41.8 Å². The highest BCUT2D eigenvalue weighted by molar-refractivity contribution is 7.22. The van der Waals surface area contributed by atoms with Crippen LogP contribution < -0.4 is 10.1 Å². The second-order valence-electron chi connectivity index (χ2n) is 8.17.